The minimum absolute atomic E-state index is 0.0132. The van der Waals surface area contributed by atoms with E-state index in [0.29, 0.717) is 18.4 Å². The van der Waals surface area contributed by atoms with Crippen molar-refractivity contribution in [3.63, 3.8) is 0 Å². The minimum atomic E-state index is -0.0132. The van der Waals surface area contributed by atoms with Gasteiger partial charge in [-0.05, 0) is 50.2 Å². The average Bonchev–Trinajstić information content (AvgIpc) is 2.56. The van der Waals surface area contributed by atoms with E-state index in [9.17, 15) is 4.79 Å². The van der Waals surface area contributed by atoms with Gasteiger partial charge >= 0.3 is 0 Å². The molecule has 0 bridgehead atoms. The second-order valence-corrected chi connectivity index (χ2v) is 6.24. The third-order valence-electron chi connectivity index (χ3n) is 3.71. The Labute approximate surface area is 147 Å². The summed E-state index contributed by atoms with van der Waals surface area (Å²) in [5.41, 5.74) is 1.55. The zero-order valence-electron chi connectivity index (χ0n) is 14.0. The molecule has 0 radical (unpaired) electrons. The predicted octanol–water partition coefficient (Wildman–Crippen LogP) is 3.22. The smallest absolute Gasteiger partial charge is 0.187 e. The lowest BCUT2D eigenvalue weighted by atomic mass is 10.1. The number of benzene rings is 1. The van der Waals surface area contributed by atoms with Gasteiger partial charge < -0.3 is 15.3 Å². The van der Waals surface area contributed by atoms with Gasteiger partial charge in [-0.3, -0.25) is 4.79 Å². The Morgan fingerprint density at radius 3 is 2.48 bits per heavy atom. The number of carbonyl (C=O) groups excluding carboxylic acids is 1. The first kappa shape index (κ1) is 19.9. The molecule has 0 aliphatic heterocycles. The van der Waals surface area contributed by atoms with E-state index in [2.05, 4.69) is 40.0 Å². The maximum atomic E-state index is 12.3. The number of aliphatic hydroxyl groups excluding tert-OH is 1. The molecule has 0 heterocycles. The van der Waals surface area contributed by atoms with Crippen LogP contribution in [0, 0.1) is 0 Å². The third kappa shape index (κ3) is 7.77. The molecule has 0 aromatic heterocycles. The first-order valence-electron chi connectivity index (χ1n) is 8.18. The Bertz CT molecular complexity index is 496. The van der Waals surface area contributed by atoms with Gasteiger partial charge in [0.1, 0.15) is 0 Å². The summed E-state index contributed by atoms with van der Waals surface area (Å²) < 4.78 is 0.955. The number of halogens is 1. The van der Waals surface area contributed by atoms with Crippen molar-refractivity contribution in [1.29, 1.82) is 0 Å². The summed E-state index contributed by atoms with van der Waals surface area (Å²) in [4.78, 5) is 14.7. The lowest BCUT2D eigenvalue weighted by Crippen LogP contribution is -2.31. The van der Waals surface area contributed by atoms with Gasteiger partial charge in [0, 0.05) is 41.5 Å². The first-order chi connectivity index (χ1) is 11.1. The number of hydrogen-bond acceptors (Lipinski definition) is 4. The van der Waals surface area contributed by atoms with Crippen molar-refractivity contribution in [3.8, 4) is 0 Å². The number of ketones is 1. The number of carbonyl (C=O) groups is 1. The highest BCUT2D eigenvalue weighted by molar-refractivity contribution is 9.10. The Hall–Kier alpha value is -1.17. The SMILES string of the molecule is CCN(CC)CCN/C(=C/C(=O)c1ccc(Br)cc1)CCCO. The van der Waals surface area contributed by atoms with Crippen molar-refractivity contribution >= 4 is 21.7 Å². The molecule has 0 saturated heterocycles. The molecule has 1 aromatic rings. The molecule has 128 valence electrons. The van der Waals surface area contributed by atoms with Crippen LogP contribution in [0.1, 0.15) is 37.0 Å². The van der Waals surface area contributed by atoms with Gasteiger partial charge in [0.15, 0.2) is 5.78 Å². The highest BCUT2D eigenvalue weighted by Crippen LogP contribution is 2.12. The van der Waals surface area contributed by atoms with Gasteiger partial charge in [-0.25, -0.2) is 0 Å². The summed E-state index contributed by atoms with van der Waals surface area (Å²) in [6, 6.07) is 7.34. The highest BCUT2D eigenvalue weighted by atomic mass is 79.9. The molecule has 1 rings (SSSR count). The fraction of sp³-hybridized carbons (Fsp3) is 0.500. The zero-order chi connectivity index (χ0) is 17.1. The van der Waals surface area contributed by atoms with Crippen LogP contribution in [0.4, 0.5) is 0 Å². The monoisotopic (exact) mass is 382 g/mol. The molecular weight excluding hydrogens is 356 g/mol. The van der Waals surface area contributed by atoms with Crippen LogP contribution in [-0.2, 0) is 0 Å². The number of nitrogens with one attached hydrogen (secondary N) is 1. The predicted molar refractivity (Wildman–Crippen MR) is 98.7 cm³/mol. The standard InChI is InChI=1S/C18H27BrN2O2/c1-3-21(4-2)12-11-20-17(6-5-13-22)14-18(23)15-7-9-16(19)10-8-15/h7-10,14,20,22H,3-6,11-13H2,1-2H3/b17-14+. The lowest BCUT2D eigenvalue weighted by Gasteiger charge is -2.19. The van der Waals surface area contributed by atoms with Crippen molar-refractivity contribution in [2.75, 3.05) is 32.8 Å². The molecule has 23 heavy (non-hydrogen) atoms. The number of allylic oxidation sites excluding steroid dienone is 2. The number of nitrogens with zero attached hydrogens (tertiary/aromatic N) is 1. The van der Waals surface area contributed by atoms with Crippen LogP contribution in [0.5, 0.6) is 0 Å². The molecule has 0 aliphatic carbocycles. The van der Waals surface area contributed by atoms with Crippen LogP contribution in [0.3, 0.4) is 0 Å². The normalized spacial score (nSPS) is 11.8. The highest BCUT2D eigenvalue weighted by Gasteiger charge is 2.06. The van der Waals surface area contributed by atoms with E-state index >= 15 is 0 Å². The molecule has 1 aromatic carbocycles. The minimum Gasteiger partial charge on any atom is -0.396 e. The van der Waals surface area contributed by atoms with Gasteiger partial charge in [-0.15, -0.1) is 0 Å². The molecule has 0 atom stereocenters. The summed E-state index contributed by atoms with van der Waals surface area (Å²) in [5, 5.41) is 12.4. The quantitative estimate of drug-likeness (QED) is 0.455. The maximum absolute atomic E-state index is 12.3. The Balaban J connectivity index is 2.67. The number of likely N-dealkylation sites (N-methyl/N-ethyl adjacent to an activating group) is 1. The average molecular weight is 383 g/mol. The summed E-state index contributed by atoms with van der Waals surface area (Å²) >= 11 is 3.37. The molecule has 4 nitrogen and oxygen atoms in total. The topological polar surface area (TPSA) is 52.6 Å². The molecule has 0 saturated carbocycles. The number of rotatable bonds is 11. The van der Waals surface area contributed by atoms with Crippen LogP contribution in [0.15, 0.2) is 40.5 Å². The van der Waals surface area contributed by atoms with Crippen molar-refractivity contribution in [2.45, 2.75) is 26.7 Å². The van der Waals surface area contributed by atoms with Crippen LogP contribution in [0.2, 0.25) is 0 Å². The van der Waals surface area contributed by atoms with E-state index in [1.165, 1.54) is 0 Å². The van der Waals surface area contributed by atoms with Gasteiger partial charge in [0.05, 0.1) is 0 Å². The van der Waals surface area contributed by atoms with E-state index in [-0.39, 0.29) is 12.4 Å². The van der Waals surface area contributed by atoms with Crippen molar-refractivity contribution in [3.05, 3.63) is 46.1 Å². The molecule has 5 heteroatoms. The van der Waals surface area contributed by atoms with Crippen molar-refractivity contribution in [2.24, 2.45) is 0 Å². The molecule has 0 aliphatic rings. The molecular formula is C18H27BrN2O2. The lowest BCUT2D eigenvalue weighted by molar-refractivity contribution is 0.104. The number of aliphatic hydroxyl groups is 1. The van der Waals surface area contributed by atoms with E-state index in [1.807, 2.05) is 24.3 Å². The summed E-state index contributed by atoms with van der Waals surface area (Å²) in [5.74, 6) is -0.0132. The Morgan fingerprint density at radius 1 is 1.26 bits per heavy atom. The van der Waals surface area contributed by atoms with Gasteiger partial charge in [0.2, 0.25) is 0 Å². The van der Waals surface area contributed by atoms with E-state index in [0.717, 1.165) is 36.3 Å². The van der Waals surface area contributed by atoms with Crippen LogP contribution in [0.25, 0.3) is 0 Å². The summed E-state index contributed by atoms with van der Waals surface area (Å²) in [6.07, 6.45) is 2.98. The summed E-state index contributed by atoms with van der Waals surface area (Å²) in [6.45, 7) is 8.19. The van der Waals surface area contributed by atoms with Gasteiger partial charge in [-0.2, -0.15) is 0 Å². The second-order valence-electron chi connectivity index (χ2n) is 5.32. The first-order valence-corrected chi connectivity index (χ1v) is 8.97. The van der Waals surface area contributed by atoms with Crippen LogP contribution < -0.4 is 5.32 Å². The zero-order valence-corrected chi connectivity index (χ0v) is 15.6. The van der Waals surface area contributed by atoms with Crippen molar-refractivity contribution < 1.29 is 9.90 Å². The fourth-order valence-corrected chi connectivity index (χ4v) is 2.52. The molecule has 2 N–H and O–H groups in total. The largest absolute Gasteiger partial charge is 0.396 e. The molecule has 0 spiro atoms. The Morgan fingerprint density at radius 2 is 1.91 bits per heavy atom. The second kappa shape index (κ2) is 11.4. The molecule has 0 fully saturated rings. The van der Waals surface area contributed by atoms with Gasteiger partial charge in [0.25, 0.3) is 0 Å². The van der Waals surface area contributed by atoms with Crippen LogP contribution >= 0.6 is 15.9 Å². The Kier molecular flexibility index (Phi) is 9.83. The third-order valence-corrected chi connectivity index (χ3v) is 4.24. The maximum Gasteiger partial charge on any atom is 0.187 e. The summed E-state index contributed by atoms with van der Waals surface area (Å²) in [7, 11) is 0. The molecule has 0 unspecified atom stereocenters. The molecule has 0 amide bonds. The van der Waals surface area contributed by atoms with Crippen molar-refractivity contribution in [1.82, 2.24) is 10.2 Å². The van der Waals surface area contributed by atoms with E-state index < -0.39 is 0 Å². The van der Waals surface area contributed by atoms with E-state index in [4.69, 9.17) is 5.11 Å². The fourth-order valence-electron chi connectivity index (χ4n) is 2.25. The number of hydrogen-bond donors (Lipinski definition) is 2. The van der Waals surface area contributed by atoms with Gasteiger partial charge in [-0.1, -0.05) is 29.8 Å². The van der Waals surface area contributed by atoms with E-state index in [1.54, 1.807) is 6.08 Å². The van der Waals surface area contributed by atoms with Crippen LogP contribution in [-0.4, -0.2) is 48.6 Å².